The third-order valence-corrected chi connectivity index (χ3v) is 3.08. The minimum Gasteiger partial charge on any atom is -0.381 e. The van der Waals surface area contributed by atoms with E-state index in [0.29, 0.717) is 23.9 Å². The number of rotatable bonds is 2. The standard InChI is InChI=1S/C11H20O/c1-5-10-6-8(2)11(12-4)9(3)7-10/h5,8-11H,1,6-7H2,2-4H3. The van der Waals surface area contributed by atoms with Gasteiger partial charge >= 0.3 is 0 Å². The molecule has 0 aromatic rings. The summed E-state index contributed by atoms with van der Waals surface area (Å²) in [6.07, 6.45) is 5.04. The van der Waals surface area contributed by atoms with E-state index in [1.807, 2.05) is 7.11 Å². The van der Waals surface area contributed by atoms with Crippen molar-refractivity contribution < 1.29 is 4.74 Å². The first kappa shape index (κ1) is 9.79. The fourth-order valence-electron chi connectivity index (χ4n) is 2.54. The highest BCUT2D eigenvalue weighted by Crippen LogP contribution is 2.35. The van der Waals surface area contributed by atoms with E-state index in [-0.39, 0.29) is 0 Å². The molecule has 1 nitrogen and oxygen atoms in total. The van der Waals surface area contributed by atoms with E-state index in [4.69, 9.17) is 4.74 Å². The highest BCUT2D eigenvalue weighted by Gasteiger charge is 2.31. The van der Waals surface area contributed by atoms with Gasteiger partial charge in [-0.3, -0.25) is 0 Å². The van der Waals surface area contributed by atoms with E-state index in [9.17, 15) is 0 Å². The Kier molecular flexibility index (Phi) is 3.33. The minimum absolute atomic E-state index is 0.459. The molecular weight excluding hydrogens is 148 g/mol. The summed E-state index contributed by atoms with van der Waals surface area (Å²) in [7, 11) is 1.83. The van der Waals surface area contributed by atoms with Crippen LogP contribution in [0.15, 0.2) is 12.7 Å². The quantitative estimate of drug-likeness (QED) is 0.576. The Morgan fingerprint density at radius 1 is 1.25 bits per heavy atom. The maximum Gasteiger partial charge on any atom is 0.0622 e. The SMILES string of the molecule is C=CC1CC(C)C(OC)C(C)C1. The number of allylic oxidation sites excluding steroid dienone is 1. The Bertz CT molecular complexity index is 141. The second-order valence-electron chi connectivity index (χ2n) is 4.12. The Morgan fingerprint density at radius 3 is 2.08 bits per heavy atom. The molecule has 1 saturated carbocycles. The molecule has 1 heteroatoms. The second kappa shape index (κ2) is 4.08. The van der Waals surface area contributed by atoms with Gasteiger partial charge < -0.3 is 4.74 Å². The Hall–Kier alpha value is -0.300. The molecule has 2 atom stereocenters. The summed E-state index contributed by atoms with van der Waals surface area (Å²) in [5, 5.41) is 0. The van der Waals surface area contributed by atoms with Crippen LogP contribution in [0.5, 0.6) is 0 Å². The lowest BCUT2D eigenvalue weighted by atomic mass is 9.74. The van der Waals surface area contributed by atoms with Gasteiger partial charge in [-0.25, -0.2) is 0 Å². The van der Waals surface area contributed by atoms with Gasteiger partial charge in [-0.15, -0.1) is 6.58 Å². The van der Waals surface area contributed by atoms with Gasteiger partial charge in [-0.05, 0) is 30.6 Å². The van der Waals surface area contributed by atoms with Crippen LogP contribution in [0, 0.1) is 17.8 Å². The summed E-state index contributed by atoms with van der Waals surface area (Å²) < 4.78 is 5.47. The van der Waals surface area contributed by atoms with Gasteiger partial charge in [0.2, 0.25) is 0 Å². The summed E-state index contributed by atoms with van der Waals surface area (Å²) in [6, 6.07) is 0. The van der Waals surface area contributed by atoms with Crippen LogP contribution >= 0.6 is 0 Å². The third-order valence-electron chi connectivity index (χ3n) is 3.08. The molecule has 70 valence electrons. The third kappa shape index (κ3) is 1.89. The van der Waals surface area contributed by atoms with Crippen molar-refractivity contribution in [3.8, 4) is 0 Å². The highest BCUT2D eigenvalue weighted by molar-refractivity contribution is 4.90. The van der Waals surface area contributed by atoms with Gasteiger partial charge in [0.05, 0.1) is 6.10 Å². The predicted molar refractivity (Wildman–Crippen MR) is 52.0 cm³/mol. The van der Waals surface area contributed by atoms with Crippen molar-refractivity contribution in [3.63, 3.8) is 0 Å². The lowest BCUT2D eigenvalue weighted by molar-refractivity contribution is -0.0170. The van der Waals surface area contributed by atoms with Crippen molar-refractivity contribution in [2.24, 2.45) is 17.8 Å². The van der Waals surface area contributed by atoms with Crippen LogP contribution < -0.4 is 0 Å². The molecule has 1 aliphatic carbocycles. The Morgan fingerprint density at radius 2 is 1.75 bits per heavy atom. The van der Waals surface area contributed by atoms with Crippen molar-refractivity contribution in [1.82, 2.24) is 0 Å². The normalized spacial score (nSPS) is 42.6. The van der Waals surface area contributed by atoms with E-state index >= 15 is 0 Å². The maximum absolute atomic E-state index is 5.47. The van der Waals surface area contributed by atoms with E-state index in [0.717, 1.165) is 0 Å². The molecule has 0 amide bonds. The Balaban J connectivity index is 2.56. The summed E-state index contributed by atoms with van der Waals surface area (Å²) in [6.45, 7) is 8.42. The topological polar surface area (TPSA) is 9.23 Å². The molecule has 1 aliphatic rings. The maximum atomic E-state index is 5.47. The molecule has 0 aromatic carbocycles. The first-order valence-corrected chi connectivity index (χ1v) is 4.84. The molecule has 0 bridgehead atoms. The van der Waals surface area contributed by atoms with Gasteiger partial charge in [0.1, 0.15) is 0 Å². The average Bonchev–Trinajstić information content (AvgIpc) is 2.03. The van der Waals surface area contributed by atoms with Crippen LogP contribution in [-0.4, -0.2) is 13.2 Å². The summed E-state index contributed by atoms with van der Waals surface area (Å²) in [4.78, 5) is 0. The van der Waals surface area contributed by atoms with Crippen LogP contribution in [0.3, 0.4) is 0 Å². The largest absolute Gasteiger partial charge is 0.381 e. The molecule has 2 unspecified atom stereocenters. The zero-order valence-corrected chi connectivity index (χ0v) is 8.42. The van der Waals surface area contributed by atoms with Gasteiger partial charge in [0.25, 0.3) is 0 Å². The molecule has 12 heavy (non-hydrogen) atoms. The molecule has 0 N–H and O–H groups in total. The molecule has 0 aromatic heterocycles. The number of hydrogen-bond donors (Lipinski definition) is 0. The van der Waals surface area contributed by atoms with Crippen molar-refractivity contribution in [2.45, 2.75) is 32.8 Å². The van der Waals surface area contributed by atoms with Crippen LogP contribution in [0.1, 0.15) is 26.7 Å². The molecule has 1 fully saturated rings. The summed E-state index contributed by atoms with van der Waals surface area (Å²) in [5.74, 6) is 2.07. The molecule has 0 aliphatic heterocycles. The molecule has 0 heterocycles. The van der Waals surface area contributed by atoms with Crippen LogP contribution in [0.4, 0.5) is 0 Å². The zero-order valence-electron chi connectivity index (χ0n) is 8.42. The van der Waals surface area contributed by atoms with Crippen LogP contribution in [-0.2, 0) is 4.74 Å². The summed E-state index contributed by atoms with van der Waals surface area (Å²) in [5.41, 5.74) is 0. The molecule has 0 saturated heterocycles. The first-order chi connectivity index (χ1) is 5.69. The minimum atomic E-state index is 0.459. The first-order valence-electron chi connectivity index (χ1n) is 4.84. The van der Waals surface area contributed by atoms with E-state index in [2.05, 4.69) is 26.5 Å². The Labute approximate surface area is 75.8 Å². The smallest absolute Gasteiger partial charge is 0.0622 e. The predicted octanol–water partition coefficient (Wildman–Crippen LogP) is 2.87. The van der Waals surface area contributed by atoms with Crippen LogP contribution in [0.25, 0.3) is 0 Å². The number of ether oxygens (including phenoxy) is 1. The lowest BCUT2D eigenvalue weighted by Gasteiger charge is -2.37. The van der Waals surface area contributed by atoms with Gasteiger partial charge in [-0.2, -0.15) is 0 Å². The fraction of sp³-hybridized carbons (Fsp3) is 0.818. The number of hydrogen-bond acceptors (Lipinski definition) is 1. The van der Waals surface area contributed by atoms with Crippen molar-refractivity contribution in [3.05, 3.63) is 12.7 Å². The van der Waals surface area contributed by atoms with Gasteiger partial charge in [0.15, 0.2) is 0 Å². The second-order valence-corrected chi connectivity index (χ2v) is 4.12. The number of methoxy groups -OCH3 is 1. The molecule has 0 radical (unpaired) electrons. The zero-order chi connectivity index (χ0) is 9.14. The van der Waals surface area contributed by atoms with E-state index in [1.165, 1.54) is 12.8 Å². The van der Waals surface area contributed by atoms with Crippen molar-refractivity contribution in [1.29, 1.82) is 0 Å². The van der Waals surface area contributed by atoms with Crippen LogP contribution in [0.2, 0.25) is 0 Å². The molecule has 1 rings (SSSR count). The van der Waals surface area contributed by atoms with Gasteiger partial charge in [-0.1, -0.05) is 19.9 Å². The van der Waals surface area contributed by atoms with E-state index < -0.39 is 0 Å². The van der Waals surface area contributed by atoms with Crippen molar-refractivity contribution in [2.75, 3.05) is 7.11 Å². The van der Waals surface area contributed by atoms with Crippen molar-refractivity contribution >= 4 is 0 Å². The fourth-order valence-corrected chi connectivity index (χ4v) is 2.54. The monoisotopic (exact) mass is 168 g/mol. The highest BCUT2D eigenvalue weighted by atomic mass is 16.5. The lowest BCUT2D eigenvalue weighted by Crippen LogP contribution is -2.35. The van der Waals surface area contributed by atoms with Gasteiger partial charge in [0, 0.05) is 7.11 Å². The molecule has 0 spiro atoms. The average molecular weight is 168 g/mol. The molecular formula is C11H20O. The van der Waals surface area contributed by atoms with E-state index in [1.54, 1.807) is 0 Å². The summed E-state index contributed by atoms with van der Waals surface area (Å²) >= 11 is 0.